The number of hydrogen-bond acceptors (Lipinski definition) is 3. The molecule has 5 nitrogen and oxygen atoms in total. The van der Waals surface area contributed by atoms with Gasteiger partial charge in [0, 0.05) is 17.8 Å². The summed E-state index contributed by atoms with van der Waals surface area (Å²) < 4.78 is 1.55. The van der Waals surface area contributed by atoms with Gasteiger partial charge in [-0.2, -0.15) is 5.10 Å². The van der Waals surface area contributed by atoms with E-state index in [0.29, 0.717) is 17.3 Å². The molecule has 0 aliphatic heterocycles. The van der Waals surface area contributed by atoms with Crippen molar-refractivity contribution in [3.05, 3.63) is 46.2 Å². The topological polar surface area (TPSA) is 67.2 Å². The lowest BCUT2D eigenvalue weighted by Crippen LogP contribution is -2.10. The summed E-state index contributed by atoms with van der Waals surface area (Å²) in [5.41, 5.74) is 2.75. The Labute approximate surface area is 115 Å². The molecule has 2 aromatic rings. The van der Waals surface area contributed by atoms with Crippen LogP contribution >= 0.6 is 11.6 Å². The van der Waals surface area contributed by atoms with Crippen LogP contribution in [0.15, 0.2) is 24.4 Å². The Kier molecular flexibility index (Phi) is 3.76. The summed E-state index contributed by atoms with van der Waals surface area (Å²) in [4.78, 5) is 11.1. The van der Waals surface area contributed by atoms with Crippen LogP contribution in [-0.4, -0.2) is 20.9 Å². The Balaban J connectivity index is 2.21. The number of rotatable bonds is 4. The van der Waals surface area contributed by atoms with Crippen molar-refractivity contribution in [3.8, 4) is 0 Å². The number of halogens is 1. The molecule has 0 saturated carbocycles. The third kappa shape index (κ3) is 2.88. The average molecular weight is 280 g/mol. The van der Waals surface area contributed by atoms with Crippen molar-refractivity contribution in [1.29, 1.82) is 0 Å². The third-order valence-electron chi connectivity index (χ3n) is 2.94. The molecule has 0 fully saturated rings. The molecule has 0 bridgehead atoms. The summed E-state index contributed by atoms with van der Waals surface area (Å²) in [6.07, 6.45) is 1.35. The highest BCUT2D eigenvalue weighted by molar-refractivity contribution is 6.30. The van der Waals surface area contributed by atoms with Gasteiger partial charge in [0.2, 0.25) is 0 Å². The van der Waals surface area contributed by atoms with Gasteiger partial charge in [-0.05, 0) is 24.6 Å². The molecule has 19 heavy (non-hydrogen) atoms. The third-order valence-corrected chi connectivity index (χ3v) is 3.17. The van der Waals surface area contributed by atoms with Crippen molar-refractivity contribution in [1.82, 2.24) is 9.78 Å². The molecule has 1 aromatic heterocycles. The van der Waals surface area contributed by atoms with Crippen molar-refractivity contribution in [2.45, 2.75) is 13.5 Å². The van der Waals surface area contributed by atoms with E-state index in [1.807, 2.05) is 25.1 Å². The summed E-state index contributed by atoms with van der Waals surface area (Å²) >= 11 is 5.94. The van der Waals surface area contributed by atoms with E-state index >= 15 is 0 Å². The molecule has 0 unspecified atom stereocenters. The van der Waals surface area contributed by atoms with Crippen LogP contribution in [0.1, 0.15) is 21.6 Å². The molecular formula is C13H14ClN3O2. The molecular weight excluding hydrogens is 266 g/mol. The summed E-state index contributed by atoms with van der Waals surface area (Å²) in [5.74, 6) is -0.979. The highest BCUT2D eigenvalue weighted by atomic mass is 35.5. The van der Waals surface area contributed by atoms with Gasteiger partial charge in [-0.15, -0.1) is 0 Å². The fourth-order valence-corrected chi connectivity index (χ4v) is 1.99. The van der Waals surface area contributed by atoms with Crippen LogP contribution in [0.3, 0.4) is 0 Å². The van der Waals surface area contributed by atoms with E-state index in [-0.39, 0.29) is 5.56 Å². The second-order valence-electron chi connectivity index (χ2n) is 4.25. The van der Waals surface area contributed by atoms with Crippen molar-refractivity contribution in [2.75, 3.05) is 5.32 Å². The van der Waals surface area contributed by atoms with Gasteiger partial charge in [0.25, 0.3) is 0 Å². The number of benzene rings is 1. The second-order valence-corrected chi connectivity index (χ2v) is 4.68. The van der Waals surface area contributed by atoms with E-state index in [1.165, 1.54) is 6.20 Å². The quantitative estimate of drug-likeness (QED) is 0.903. The van der Waals surface area contributed by atoms with Crippen LogP contribution in [0.4, 0.5) is 5.69 Å². The largest absolute Gasteiger partial charge is 0.478 e. The van der Waals surface area contributed by atoms with E-state index in [9.17, 15) is 4.79 Å². The van der Waals surface area contributed by atoms with E-state index in [1.54, 1.807) is 11.7 Å². The van der Waals surface area contributed by atoms with Gasteiger partial charge in [0.05, 0.1) is 18.4 Å². The number of aromatic carboxylic acids is 1. The van der Waals surface area contributed by atoms with Gasteiger partial charge in [-0.3, -0.25) is 4.68 Å². The van der Waals surface area contributed by atoms with Crippen molar-refractivity contribution >= 4 is 23.3 Å². The van der Waals surface area contributed by atoms with E-state index in [2.05, 4.69) is 10.4 Å². The molecule has 0 radical (unpaired) electrons. The summed E-state index contributed by atoms with van der Waals surface area (Å²) in [5, 5.41) is 16.9. The number of nitrogens with one attached hydrogen (secondary N) is 1. The molecule has 6 heteroatoms. The normalized spacial score (nSPS) is 10.5. The lowest BCUT2D eigenvalue weighted by atomic mass is 10.2. The number of nitrogens with zero attached hydrogens (tertiary/aromatic N) is 2. The molecule has 2 N–H and O–H groups in total. The van der Waals surface area contributed by atoms with Gasteiger partial charge in [-0.1, -0.05) is 17.7 Å². The fourth-order valence-electron chi connectivity index (χ4n) is 1.81. The maximum atomic E-state index is 11.1. The first-order valence-electron chi connectivity index (χ1n) is 5.73. The number of carboxylic acid groups (broad SMARTS) is 1. The Morgan fingerprint density at radius 3 is 2.95 bits per heavy atom. The number of carboxylic acids is 1. The van der Waals surface area contributed by atoms with Crippen LogP contribution in [0, 0.1) is 6.92 Å². The molecule has 2 rings (SSSR count). The van der Waals surface area contributed by atoms with Crippen LogP contribution in [0.25, 0.3) is 0 Å². The Morgan fingerprint density at radius 1 is 1.53 bits per heavy atom. The van der Waals surface area contributed by atoms with Crippen LogP contribution in [0.2, 0.25) is 5.02 Å². The van der Waals surface area contributed by atoms with E-state index < -0.39 is 5.97 Å². The number of aromatic nitrogens is 2. The summed E-state index contributed by atoms with van der Waals surface area (Å²) in [6.45, 7) is 2.33. The maximum Gasteiger partial charge on any atom is 0.339 e. The SMILES string of the molecule is Cc1ccc(Cl)cc1NCc1c(C(=O)O)cnn1C. The fraction of sp³-hybridized carbons (Fsp3) is 0.231. The number of hydrogen-bond donors (Lipinski definition) is 2. The molecule has 0 aliphatic carbocycles. The first-order chi connectivity index (χ1) is 8.99. The number of carbonyl (C=O) groups is 1. The summed E-state index contributed by atoms with van der Waals surface area (Å²) in [7, 11) is 1.72. The van der Waals surface area contributed by atoms with Gasteiger partial charge in [0.15, 0.2) is 0 Å². The Hall–Kier alpha value is -2.01. The minimum Gasteiger partial charge on any atom is -0.478 e. The van der Waals surface area contributed by atoms with E-state index in [4.69, 9.17) is 16.7 Å². The number of aryl methyl sites for hydroxylation is 2. The van der Waals surface area contributed by atoms with Crippen molar-refractivity contribution in [2.24, 2.45) is 7.05 Å². The molecule has 0 atom stereocenters. The van der Waals surface area contributed by atoms with Gasteiger partial charge >= 0.3 is 5.97 Å². The summed E-state index contributed by atoms with van der Waals surface area (Å²) in [6, 6.07) is 5.54. The average Bonchev–Trinajstić information content (AvgIpc) is 2.72. The minimum absolute atomic E-state index is 0.203. The van der Waals surface area contributed by atoms with Gasteiger partial charge < -0.3 is 10.4 Å². The lowest BCUT2D eigenvalue weighted by Gasteiger charge is -2.11. The molecule has 0 spiro atoms. The van der Waals surface area contributed by atoms with Crippen LogP contribution in [-0.2, 0) is 13.6 Å². The highest BCUT2D eigenvalue weighted by Gasteiger charge is 2.14. The van der Waals surface area contributed by atoms with Crippen LogP contribution < -0.4 is 5.32 Å². The standard InChI is InChI=1S/C13H14ClN3O2/c1-8-3-4-9(14)5-11(8)15-7-12-10(13(18)19)6-16-17(12)2/h3-6,15H,7H2,1-2H3,(H,18,19). The molecule has 100 valence electrons. The van der Waals surface area contributed by atoms with Crippen LogP contribution in [0.5, 0.6) is 0 Å². The lowest BCUT2D eigenvalue weighted by molar-refractivity contribution is 0.0695. The zero-order valence-corrected chi connectivity index (χ0v) is 11.4. The highest BCUT2D eigenvalue weighted by Crippen LogP contribution is 2.21. The first-order valence-corrected chi connectivity index (χ1v) is 6.11. The zero-order chi connectivity index (χ0) is 14.0. The smallest absolute Gasteiger partial charge is 0.339 e. The Bertz CT molecular complexity index is 622. The molecule has 0 aliphatic rings. The second kappa shape index (κ2) is 5.32. The monoisotopic (exact) mass is 279 g/mol. The van der Waals surface area contributed by atoms with Crippen molar-refractivity contribution < 1.29 is 9.90 Å². The zero-order valence-electron chi connectivity index (χ0n) is 10.6. The van der Waals surface area contributed by atoms with Gasteiger partial charge in [-0.25, -0.2) is 4.79 Å². The van der Waals surface area contributed by atoms with E-state index in [0.717, 1.165) is 11.3 Å². The predicted molar refractivity (Wildman–Crippen MR) is 73.7 cm³/mol. The predicted octanol–water partition coefficient (Wildman–Crippen LogP) is 2.69. The Morgan fingerprint density at radius 2 is 2.26 bits per heavy atom. The van der Waals surface area contributed by atoms with Crippen molar-refractivity contribution in [3.63, 3.8) is 0 Å². The molecule has 1 aromatic carbocycles. The number of anilines is 1. The first kappa shape index (κ1) is 13.4. The molecule has 0 amide bonds. The molecule has 1 heterocycles. The molecule has 0 saturated heterocycles. The maximum absolute atomic E-state index is 11.1. The van der Waals surface area contributed by atoms with Gasteiger partial charge in [0.1, 0.15) is 5.56 Å². The minimum atomic E-state index is -0.979.